The summed E-state index contributed by atoms with van der Waals surface area (Å²) in [6.45, 7) is 4.26. The number of nitrogens with one attached hydrogen (secondary N) is 1. The van der Waals surface area contributed by atoms with Crippen molar-refractivity contribution in [1.82, 2.24) is 14.5 Å². The van der Waals surface area contributed by atoms with E-state index < -0.39 is 10.0 Å². The van der Waals surface area contributed by atoms with Crippen LogP contribution in [0.1, 0.15) is 55.8 Å². The first kappa shape index (κ1) is 23.5. The van der Waals surface area contributed by atoms with Gasteiger partial charge in [-0.05, 0) is 50.8 Å². The lowest BCUT2D eigenvalue weighted by Gasteiger charge is -2.32. The number of likely N-dealkylation sites (tertiary alicyclic amines) is 1. The van der Waals surface area contributed by atoms with Crippen molar-refractivity contribution < 1.29 is 22.7 Å². The van der Waals surface area contributed by atoms with Gasteiger partial charge in [0, 0.05) is 32.7 Å². The lowest BCUT2D eigenvalue weighted by Crippen LogP contribution is -2.45. The van der Waals surface area contributed by atoms with Crippen LogP contribution in [0.15, 0.2) is 23.1 Å². The molecule has 1 unspecified atom stereocenters. The number of sulfonamides is 1. The third-order valence-corrected chi connectivity index (χ3v) is 7.93. The van der Waals surface area contributed by atoms with Crippen LogP contribution in [0.4, 0.5) is 0 Å². The van der Waals surface area contributed by atoms with E-state index in [0.29, 0.717) is 38.5 Å². The number of rotatable bonds is 6. The minimum atomic E-state index is -3.69. The molecule has 0 aliphatic carbocycles. The Morgan fingerprint density at radius 1 is 1.10 bits per heavy atom. The van der Waals surface area contributed by atoms with Gasteiger partial charge in [-0.2, -0.15) is 4.31 Å². The van der Waals surface area contributed by atoms with E-state index in [2.05, 4.69) is 5.32 Å². The Kier molecular flexibility index (Phi) is 7.94. The molecule has 2 fully saturated rings. The van der Waals surface area contributed by atoms with Crippen LogP contribution in [0.5, 0.6) is 5.75 Å². The molecule has 0 spiro atoms. The first-order valence-corrected chi connectivity index (χ1v) is 12.6. The zero-order valence-electron chi connectivity index (χ0n) is 18.4. The van der Waals surface area contributed by atoms with Crippen LogP contribution in [0, 0.1) is 5.92 Å². The number of amides is 2. The van der Waals surface area contributed by atoms with Crippen LogP contribution in [-0.2, 0) is 14.8 Å². The zero-order valence-corrected chi connectivity index (χ0v) is 19.2. The molecule has 1 aromatic carbocycles. The third-order valence-electron chi connectivity index (χ3n) is 6.03. The van der Waals surface area contributed by atoms with Gasteiger partial charge in [-0.1, -0.05) is 12.8 Å². The van der Waals surface area contributed by atoms with Crippen LogP contribution >= 0.6 is 0 Å². The molecule has 8 nitrogen and oxygen atoms in total. The van der Waals surface area contributed by atoms with E-state index in [1.54, 1.807) is 11.0 Å². The van der Waals surface area contributed by atoms with Crippen molar-refractivity contribution in [1.29, 1.82) is 0 Å². The predicted octanol–water partition coefficient (Wildman–Crippen LogP) is 2.25. The van der Waals surface area contributed by atoms with E-state index in [-0.39, 0.29) is 28.2 Å². The van der Waals surface area contributed by atoms with Crippen molar-refractivity contribution >= 4 is 21.8 Å². The highest BCUT2D eigenvalue weighted by atomic mass is 32.2. The molecule has 0 bridgehead atoms. The zero-order chi connectivity index (χ0) is 22.4. The van der Waals surface area contributed by atoms with Crippen LogP contribution < -0.4 is 10.1 Å². The van der Waals surface area contributed by atoms with Crippen LogP contribution in [-0.4, -0.2) is 69.3 Å². The molecular formula is C22H33N3O5S. The maximum atomic E-state index is 13.3. The summed E-state index contributed by atoms with van der Waals surface area (Å²) < 4.78 is 33.3. The number of carbonyl (C=O) groups is 2. The smallest absolute Gasteiger partial charge is 0.257 e. The molecule has 1 aromatic rings. The predicted molar refractivity (Wildman–Crippen MR) is 118 cm³/mol. The van der Waals surface area contributed by atoms with Gasteiger partial charge in [-0.15, -0.1) is 0 Å². The Morgan fingerprint density at radius 3 is 2.45 bits per heavy atom. The van der Waals surface area contributed by atoms with Crippen molar-refractivity contribution in [2.24, 2.45) is 5.92 Å². The highest BCUT2D eigenvalue weighted by molar-refractivity contribution is 7.89. The van der Waals surface area contributed by atoms with Gasteiger partial charge < -0.3 is 15.0 Å². The number of methoxy groups -OCH3 is 1. The fourth-order valence-electron chi connectivity index (χ4n) is 4.31. The molecule has 9 heteroatoms. The largest absolute Gasteiger partial charge is 0.496 e. The van der Waals surface area contributed by atoms with Gasteiger partial charge in [0.1, 0.15) is 5.75 Å². The summed E-state index contributed by atoms with van der Waals surface area (Å²) in [5.41, 5.74) is 0.218. The lowest BCUT2D eigenvalue weighted by atomic mass is 9.96. The molecular weight excluding hydrogens is 418 g/mol. The first-order valence-electron chi connectivity index (χ1n) is 11.1. The Hall–Kier alpha value is -2.13. The number of carbonyl (C=O) groups excluding carboxylic acids is 2. The van der Waals surface area contributed by atoms with E-state index >= 15 is 0 Å². The van der Waals surface area contributed by atoms with Gasteiger partial charge in [-0.25, -0.2) is 8.42 Å². The summed E-state index contributed by atoms with van der Waals surface area (Å²) in [5, 5.41) is 2.82. The summed E-state index contributed by atoms with van der Waals surface area (Å²) in [4.78, 5) is 27.3. The molecule has 2 saturated heterocycles. The van der Waals surface area contributed by atoms with Crippen molar-refractivity contribution in [2.75, 3.05) is 39.8 Å². The van der Waals surface area contributed by atoms with Gasteiger partial charge in [0.2, 0.25) is 15.9 Å². The Bertz CT molecular complexity index is 894. The number of hydrogen-bond donors (Lipinski definition) is 1. The van der Waals surface area contributed by atoms with E-state index in [4.69, 9.17) is 4.74 Å². The Balaban J connectivity index is 1.86. The second kappa shape index (κ2) is 10.5. The quantitative estimate of drug-likeness (QED) is 0.716. The van der Waals surface area contributed by atoms with Crippen LogP contribution in [0.2, 0.25) is 0 Å². The Morgan fingerprint density at radius 2 is 1.81 bits per heavy atom. The highest BCUT2D eigenvalue weighted by Crippen LogP contribution is 2.28. The number of benzene rings is 1. The van der Waals surface area contributed by atoms with Gasteiger partial charge in [0.05, 0.1) is 23.5 Å². The molecule has 2 amide bonds. The lowest BCUT2D eigenvalue weighted by molar-refractivity contribution is -0.126. The molecule has 0 radical (unpaired) electrons. The third kappa shape index (κ3) is 5.38. The second-order valence-electron chi connectivity index (χ2n) is 8.17. The molecule has 2 aliphatic heterocycles. The fourth-order valence-corrected chi connectivity index (χ4v) is 5.85. The van der Waals surface area contributed by atoms with Gasteiger partial charge >= 0.3 is 0 Å². The average molecular weight is 452 g/mol. The number of nitrogens with zero attached hydrogens (tertiary/aromatic N) is 2. The molecule has 172 valence electrons. The first-order chi connectivity index (χ1) is 14.9. The van der Waals surface area contributed by atoms with E-state index in [1.165, 1.54) is 23.5 Å². The molecule has 0 aromatic heterocycles. The van der Waals surface area contributed by atoms with Gasteiger partial charge in [0.15, 0.2) is 0 Å². The number of ether oxygens (including phenoxy) is 1. The molecule has 31 heavy (non-hydrogen) atoms. The van der Waals surface area contributed by atoms with Crippen molar-refractivity contribution in [3.63, 3.8) is 0 Å². The van der Waals surface area contributed by atoms with Crippen molar-refractivity contribution in [3.8, 4) is 5.75 Å². The maximum Gasteiger partial charge on any atom is 0.257 e. The SMILES string of the molecule is CCNC(=O)C1CCCN(C(=O)c2cc(S(=O)(=O)N3CCCCCC3)ccc2OC)C1. The van der Waals surface area contributed by atoms with E-state index in [0.717, 1.165) is 38.5 Å². The normalized spacial score (nSPS) is 20.7. The van der Waals surface area contributed by atoms with Crippen LogP contribution in [0.25, 0.3) is 0 Å². The Labute approximate surface area is 185 Å². The number of piperidine rings is 1. The molecule has 3 rings (SSSR count). The maximum absolute atomic E-state index is 13.3. The average Bonchev–Trinajstić information content (AvgIpc) is 3.08. The molecule has 0 saturated carbocycles. The van der Waals surface area contributed by atoms with Crippen molar-refractivity contribution in [3.05, 3.63) is 23.8 Å². The van der Waals surface area contributed by atoms with Gasteiger partial charge in [-0.3, -0.25) is 9.59 Å². The summed E-state index contributed by atoms with van der Waals surface area (Å²) in [5.74, 6) is -0.282. The molecule has 1 N–H and O–H groups in total. The minimum Gasteiger partial charge on any atom is -0.496 e. The monoisotopic (exact) mass is 451 g/mol. The van der Waals surface area contributed by atoms with E-state index in [1.807, 2.05) is 6.92 Å². The molecule has 2 heterocycles. The highest BCUT2D eigenvalue weighted by Gasteiger charge is 2.32. The standard InChI is InChI=1S/C22H33N3O5S/c1-3-23-21(26)17-9-8-12-24(16-17)22(27)19-15-18(10-11-20(19)30-2)31(28,29)25-13-6-4-5-7-14-25/h10-11,15,17H,3-9,12-14,16H2,1-2H3,(H,23,26). The number of hydrogen-bond acceptors (Lipinski definition) is 5. The summed E-state index contributed by atoms with van der Waals surface area (Å²) in [6, 6.07) is 4.48. The summed E-state index contributed by atoms with van der Waals surface area (Å²) in [7, 11) is -2.22. The second-order valence-corrected chi connectivity index (χ2v) is 10.1. The van der Waals surface area contributed by atoms with Crippen molar-refractivity contribution in [2.45, 2.75) is 50.3 Å². The molecule has 1 atom stereocenters. The summed E-state index contributed by atoms with van der Waals surface area (Å²) >= 11 is 0. The van der Waals surface area contributed by atoms with Crippen LogP contribution in [0.3, 0.4) is 0 Å². The van der Waals surface area contributed by atoms with Gasteiger partial charge in [0.25, 0.3) is 5.91 Å². The summed E-state index contributed by atoms with van der Waals surface area (Å²) in [6.07, 6.45) is 5.20. The molecule has 2 aliphatic rings. The van der Waals surface area contributed by atoms with E-state index in [9.17, 15) is 18.0 Å². The fraction of sp³-hybridized carbons (Fsp3) is 0.636. The topological polar surface area (TPSA) is 96.0 Å². The minimum absolute atomic E-state index is 0.0514.